The van der Waals surface area contributed by atoms with E-state index in [4.69, 9.17) is 4.74 Å². The zero-order valence-corrected chi connectivity index (χ0v) is 10.5. The third-order valence-corrected chi connectivity index (χ3v) is 2.42. The first kappa shape index (κ1) is 13.4. The molecule has 0 aliphatic rings. The largest absolute Gasteiger partial charge is 0.412 e. The van der Waals surface area contributed by atoms with E-state index in [0.717, 1.165) is 0 Å². The number of ether oxygens (including phenoxy) is 1. The summed E-state index contributed by atoms with van der Waals surface area (Å²) in [6.07, 6.45) is -0.545. The number of hydrogen-bond donors (Lipinski definition) is 2. The van der Waals surface area contributed by atoms with Gasteiger partial charge in [-0.3, -0.25) is 4.79 Å². The number of anilines is 1. The summed E-state index contributed by atoms with van der Waals surface area (Å²) >= 11 is 1.18. The molecule has 0 fully saturated rings. The van der Waals surface area contributed by atoms with Gasteiger partial charge in [-0.1, -0.05) is 24.8 Å². The van der Waals surface area contributed by atoms with E-state index in [2.05, 4.69) is 10.6 Å². The molecule has 92 valence electrons. The Bertz CT molecular complexity index is 409. The molecule has 2 N–H and O–H groups in total. The fourth-order valence-electron chi connectivity index (χ4n) is 1.08. The lowest BCUT2D eigenvalue weighted by atomic mass is 10.3. The highest BCUT2D eigenvalue weighted by Crippen LogP contribution is 2.18. The number of thioether (sulfide) groups is 1. The summed E-state index contributed by atoms with van der Waals surface area (Å²) in [5.41, 5.74) is 0.595. The molecule has 0 radical (unpaired) electrons. The van der Waals surface area contributed by atoms with Crippen LogP contribution in [0.4, 0.5) is 15.3 Å². The second-order valence-electron chi connectivity index (χ2n) is 3.01. The normalized spacial score (nSPS) is 9.53. The summed E-state index contributed by atoms with van der Waals surface area (Å²) in [5.74, 6) is 1.09. The van der Waals surface area contributed by atoms with Crippen molar-refractivity contribution in [3.8, 4) is 5.75 Å². The molecular formula is C11H14N2O3S. The van der Waals surface area contributed by atoms with Crippen molar-refractivity contribution in [3.63, 3.8) is 0 Å². The fourth-order valence-corrected chi connectivity index (χ4v) is 1.53. The molecule has 17 heavy (non-hydrogen) atoms. The Balaban J connectivity index is 2.65. The Morgan fingerprint density at radius 3 is 2.82 bits per heavy atom. The molecule has 0 unspecified atom stereocenters. The zero-order valence-electron chi connectivity index (χ0n) is 9.65. The molecule has 6 heteroatoms. The average molecular weight is 254 g/mol. The van der Waals surface area contributed by atoms with Crippen LogP contribution in [0.25, 0.3) is 0 Å². The van der Waals surface area contributed by atoms with Crippen LogP contribution in [0, 0.1) is 0 Å². The van der Waals surface area contributed by atoms with Crippen molar-refractivity contribution >= 4 is 28.8 Å². The van der Waals surface area contributed by atoms with Crippen LogP contribution in [0.1, 0.15) is 6.92 Å². The quantitative estimate of drug-likeness (QED) is 0.870. The lowest BCUT2D eigenvalue weighted by Crippen LogP contribution is -2.22. The van der Waals surface area contributed by atoms with Gasteiger partial charge in [-0.05, 0) is 17.9 Å². The first-order valence-corrected chi connectivity index (χ1v) is 6.07. The van der Waals surface area contributed by atoms with Gasteiger partial charge in [0.2, 0.25) is 0 Å². The number of amides is 2. The fraction of sp³-hybridized carbons (Fsp3) is 0.273. The van der Waals surface area contributed by atoms with Crippen molar-refractivity contribution in [2.75, 3.05) is 18.1 Å². The minimum atomic E-state index is -0.545. The van der Waals surface area contributed by atoms with Gasteiger partial charge in [0.05, 0.1) is 0 Å². The number of carbonyl (C=O) groups excluding carboxylic acids is 2. The molecule has 0 saturated carbocycles. The van der Waals surface area contributed by atoms with Crippen LogP contribution in [-0.4, -0.2) is 24.1 Å². The summed E-state index contributed by atoms with van der Waals surface area (Å²) < 4.78 is 4.94. The molecule has 0 aromatic heterocycles. The van der Waals surface area contributed by atoms with Crippen LogP contribution < -0.4 is 15.4 Å². The smallest absolute Gasteiger partial charge is 0.410 e. The van der Waals surface area contributed by atoms with E-state index in [0.29, 0.717) is 17.2 Å². The van der Waals surface area contributed by atoms with Gasteiger partial charge in [0, 0.05) is 18.8 Å². The topological polar surface area (TPSA) is 67.4 Å². The van der Waals surface area contributed by atoms with Gasteiger partial charge in [-0.25, -0.2) is 4.79 Å². The monoisotopic (exact) mass is 254 g/mol. The Morgan fingerprint density at radius 1 is 1.41 bits per heavy atom. The Hall–Kier alpha value is -1.69. The minimum absolute atomic E-state index is 0.135. The maximum absolute atomic E-state index is 11.3. The van der Waals surface area contributed by atoms with Gasteiger partial charge in [0.25, 0.3) is 5.24 Å². The average Bonchev–Trinajstić information content (AvgIpc) is 2.29. The molecule has 1 aromatic carbocycles. The van der Waals surface area contributed by atoms with Gasteiger partial charge in [0.1, 0.15) is 5.75 Å². The summed E-state index contributed by atoms with van der Waals surface area (Å²) in [4.78, 5) is 22.3. The van der Waals surface area contributed by atoms with Crippen molar-refractivity contribution in [3.05, 3.63) is 24.3 Å². The molecule has 5 nitrogen and oxygen atoms in total. The first-order chi connectivity index (χ1) is 8.15. The Kier molecular flexibility index (Phi) is 5.35. The molecule has 2 amide bonds. The third kappa shape index (κ3) is 4.78. The molecule has 1 rings (SSSR count). The molecule has 0 spiro atoms. The number of rotatable bonds is 3. The predicted octanol–water partition coefficient (Wildman–Crippen LogP) is 2.69. The highest BCUT2D eigenvalue weighted by molar-refractivity contribution is 8.13. The molecule has 1 aromatic rings. The van der Waals surface area contributed by atoms with Gasteiger partial charge < -0.3 is 15.4 Å². The van der Waals surface area contributed by atoms with E-state index in [1.165, 1.54) is 18.8 Å². The van der Waals surface area contributed by atoms with E-state index < -0.39 is 6.09 Å². The Labute approximate surface area is 104 Å². The lowest BCUT2D eigenvalue weighted by Gasteiger charge is -2.06. The standard InChI is InChI=1S/C11H14N2O3S/c1-3-17-11(15)13-8-5-4-6-9(7-8)16-10(14)12-2/h4-7H,3H2,1-2H3,(H,12,14)(H,13,15). The minimum Gasteiger partial charge on any atom is -0.410 e. The van der Waals surface area contributed by atoms with Crippen LogP contribution in [0.2, 0.25) is 0 Å². The van der Waals surface area contributed by atoms with Crippen LogP contribution in [0.15, 0.2) is 24.3 Å². The van der Waals surface area contributed by atoms with Gasteiger partial charge in [-0.2, -0.15) is 0 Å². The molecule has 0 heterocycles. The summed E-state index contributed by atoms with van der Waals surface area (Å²) in [6, 6.07) is 6.65. The van der Waals surface area contributed by atoms with Crippen LogP contribution in [0.5, 0.6) is 5.75 Å². The van der Waals surface area contributed by atoms with E-state index in [1.807, 2.05) is 6.92 Å². The number of hydrogen-bond acceptors (Lipinski definition) is 4. The van der Waals surface area contributed by atoms with E-state index >= 15 is 0 Å². The summed E-state index contributed by atoms with van der Waals surface area (Å²) in [7, 11) is 1.48. The third-order valence-electron chi connectivity index (χ3n) is 1.77. The van der Waals surface area contributed by atoms with Gasteiger partial charge in [-0.15, -0.1) is 0 Å². The van der Waals surface area contributed by atoms with Crippen LogP contribution in [-0.2, 0) is 0 Å². The van der Waals surface area contributed by atoms with E-state index in [-0.39, 0.29) is 5.24 Å². The molecule has 0 aliphatic heterocycles. The molecule has 0 saturated heterocycles. The molecule has 0 aliphatic carbocycles. The number of nitrogens with one attached hydrogen (secondary N) is 2. The second kappa shape index (κ2) is 6.80. The van der Waals surface area contributed by atoms with Crippen LogP contribution >= 0.6 is 11.8 Å². The van der Waals surface area contributed by atoms with Crippen molar-refractivity contribution in [1.29, 1.82) is 0 Å². The molecule has 0 bridgehead atoms. The van der Waals surface area contributed by atoms with E-state index in [1.54, 1.807) is 24.3 Å². The van der Waals surface area contributed by atoms with Crippen molar-refractivity contribution in [2.24, 2.45) is 0 Å². The maximum Gasteiger partial charge on any atom is 0.412 e. The lowest BCUT2D eigenvalue weighted by molar-refractivity contribution is 0.203. The summed E-state index contributed by atoms with van der Waals surface area (Å²) in [6.45, 7) is 1.90. The van der Waals surface area contributed by atoms with Gasteiger partial charge in [0.15, 0.2) is 0 Å². The van der Waals surface area contributed by atoms with Crippen molar-refractivity contribution in [1.82, 2.24) is 5.32 Å². The second-order valence-corrected chi connectivity index (χ2v) is 4.25. The maximum atomic E-state index is 11.3. The van der Waals surface area contributed by atoms with Crippen molar-refractivity contribution in [2.45, 2.75) is 6.92 Å². The molecule has 0 atom stereocenters. The van der Waals surface area contributed by atoms with E-state index in [9.17, 15) is 9.59 Å². The number of carbonyl (C=O) groups is 2. The number of benzene rings is 1. The predicted molar refractivity (Wildman–Crippen MR) is 68.7 cm³/mol. The van der Waals surface area contributed by atoms with Crippen LogP contribution in [0.3, 0.4) is 0 Å². The van der Waals surface area contributed by atoms with Crippen molar-refractivity contribution < 1.29 is 14.3 Å². The highest BCUT2D eigenvalue weighted by Gasteiger charge is 2.04. The highest BCUT2D eigenvalue weighted by atomic mass is 32.2. The summed E-state index contributed by atoms with van der Waals surface area (Å²) in [5, 5.41) is 4.89. The zero-order chi connectivity index (χ0) is 12.7. The Morgan fingerprint density at radius 2 is 2.18 bits per heavy atom. The van der Waals surface area contributed by atoms with Gasteiger partial charge >= 0.3 is 6.09 Å². The SMILES string of the molecule is CCSC(=O)Nc1cccc(OC(=O)NC)c1. The first-order valence-electron chi connectivity index (χ1n) is 5.09. The molecular weight excluding hydrogens is 240 g/mol.